The molecule has 1 heterocycles. The lowest BCUT2D eigenvalue weighted by atomic mass is 10.1. The SMILES string of the molecule is C=CN1C=CN(CCCCCCCCCCC)C1. The minimum absolute atomic E-state index is 0.987. The Kier molecular flexibility index (Phi) is 8.45. The molecule has 0 atom stereocenters. The molecule has 2 heteroatoms. The van der Waals surface area contributed by atoms with Crippen molar-refractivity contribution in [3.05, 3.63) is 25.2 Å². The number of unbranched alkanes of at least 4 members (excludes halogenated alkanes) is 8. The lowest BCUT2D eigenvalue weighted by Crippen LogP contribution is -2.22. The zero-order valence-corrected chi connectivity index (χ0v) is 12.1. The molecule has 0 saturated carbocycles. The molecule has 0 unspecified atom stereocenters. The van der Waals surface area contributed by atoms with Gasteiger partial charge in [0.15, 0.2) is 0 Å². The molecule has 1 rings (SSSR count). The van der Waals surface area contributed by atoms with Gasteiger partial charge in [-0.15, -0.1) is 0 Å². The fourth-order valence-corrected chi connectivity index (χ4v) is 2.37. The van der Waals surface area contributed by atoms with Gasteiger partial charge < -0.3 is 9.80 Å². The molecule has 1 aliphatic rings. The lowest BCUT2D eigenvalue weighted by Gasteiger charge is -2.18. The van der Waals surface area contributed by atoms with Gasteiger partial charge in [-0.05, 0) is 12.6 Å². The van der Waals surface area contributed by atoms with Crippen LogP contribution in [-0.2, 0) is 0 Å². The number of hydrogen-bond acceptors (Lipinski definition) is 2. The van der Waals surface area contributed by atoms with Crippen molar-refractivity contribution in [2.24, 2.45) is 0 Å². The number of hydrogen-bond donors (Lipinski definition) is 0. The Morgan fingerprint density at radius 2 is 1.56 bits per heavy atom. The standard InChI is InChI=1S/C16H30N2/c1-3-5-6-7-8-9-10-11-12-13-18-15-14-17(4-2)16-18/h4,14-15H,2-3,5-13,16H2,1H3. The molecule has 0 saturated heterocycles. The van der Waals surface area contributed by atoms with Crippen LogP contribution in [0.5, 0.6) is 0 Å². The maximum Gasteiger partial charge on any atom is 0.0935 e. The average molecular weight is 250 g/mol. The van der Waals surface area contributed by atoms with Crippen LogP contribution in [0.2, 0.25) is 0 Å². The summed E-state index contributed by atoms with van der Waals surface area (Å²) in [5.74, 6) is 0. The van der Waals surface area contributed by atoms with Gasteiger partial charge in [0.1, 0.15) is 0 Å². The van der Waals surface area contributed by atoms with E-state index in [9.17, 15) is 0 Å². The minimum Gasteiger partial charge on any atom is -0.358 e. The molecule has 1 aliphatic heterocycles. The minimum atomic E-state index is 0.987. The van der Waals surface area contributed by atoms with Crippen LogP contribution in [0.15, 0.2) is 25.2 Å². The summed E-state index contributed by atoms with van der Waals surface area (Å²) in [6, 6.07) is 0. The fraction of sp³-hybridized carbons (Fsp3) is 0.750. The molecular formula is C16H30N2. The van der Waals surface area contributed by atoms with Gasteiger partial charge in [-0.25, -0.2) is 0 Å². The second kappa shape index (κ2) is 10.0. The predicted molar refractivity (Wildman–Crippen MR) is 80.0 cm³/mol. The van der Waals surface area contributed by atoms with E-state index in [2.05, 4.69) is 35.7 Å². The highest BCUT2D eigenvalue weighted by Crippen LogP contribution is 2.11. The summed E-state index contributed by atoms with van der Waals surface area (Å²) < 4.78 is 0. The van der Waals surface area contributed by atoms with E-state index in [0.29, 0.717) is 0 Å². The van der Waals surface area contributed by atoms with E-state index in [1.165, 1.54) is 64.3 Å². The van der Waals surface area contributed by atoms with E-state index in [4.69, 9.17) is 0 Å². The van der Waals surface area contributed by atoms with Gasteiger partial charge in [0.2, 0.25) is 0 Å². The van der Waals surface area contributed by atoms with Gasteiger partial charge in [0.25, 0.3) is 0 Å². The third-order valence-corrected chi connectivity index (χ3v) is 3.60. The highest BCUT2D eigenvalue weighted by molar-refractivity contribution is 4.94. The molecule has 18 heavy (non-hydrogen) atoms. The summed E-state index contributed by atoms with van der Waals surface area (Å²) in [5.41, 5.74) is 0. The highest BCUT2D eigenvalue weighted by Gasteiger charge is 2.07. The molecule has 0 aliphatic carbocycles. The van der Waals surface area contributed by atoms with E-state index in [0.717, 1.165) is 6.67 Å². The second-order valence-corrected chi connectivity index (χ2v) is 5.28. The molecule has 0 aromatic carbocycles. The van der Waals surface area contributed by atoms with Gasteiger partial charge in [0, 0.05) is 18.9 Å². The number of nitrogens with zero attached hydrogens (tertiary/aromatic N) is 2. The molecule has 0 spiro atoms. The van der Waals surface area contributed by atoms with Crippen molar-refractivity contribution in [3.8, 4) is 0 Å². The smallest absolute Gasteiger partial charge is 0.0935 e. The van der Waals surface area contributed by atoms with Crippen LogP contribution in [-0.4, -0.2) is 23.0 Å². The Bertz CT molecular complexity index is 235. The van der Waals surface area contributed by atoms with Crippen LogP contribution in [0.25, 0.3) is 0 Å². The molecule has 2 nitrogen and oxygen atoms in total. The van der Waals surface area contributed by atoms with Gasteiger partial charge in [-0.1, -0.05) is 64.9 Å². The third-order valence-electron chi connectivity index (χ3n) is 3.60. The summed E-state index contributed by atoms with van der Waals surface area (Å²) in [7, 11) is 0. The maximum absolute atomic E-state index is 3.78. The summed E-state index contributed by atoms with van der Waals surface area (Å²) >= 11 is 0. The molecular weight excluding hydrogens is 220 g/mol. The van der Waals surface area contributed by atoms with Crippen molar-refractivity contribution in [3.63, 3.8) is 0 Å². The Hall–Kier alpha value is -0.920. The Labute approximate surface area is 113 Å². The topological polar surface area (TPSA) is 6.48 Å². The van der Waals surface area contributed by atoms with E-state index in [1.807, 2.05) is 6.20 Å². The first-order valence-corrected chi connectivity index (χ1v) is 7.67. The zero-order valence-electron chi connectivity index (χ0n) is 12.1. The van der Waals surface area contributed by atoms with Gasteiger partial charge >= 0.3 is 0 Å². The molecule has 0 aromatic heterocycles. The van der Waals surface area contributed by atoms with Crippen molar-refractivity contribution in [1.82, 2.24) is 9.80 Å². The van der Waals surface area contributed by atoms with Crippen molar-refractivity contribution in [1.29, 1.82) is 0 Å². The quantitative estimate of drug-likeness (QED) is 0.490. The average Bonchev–Trinajstić information content (AvgIpc) is 2.85. The predicted octanol–water partition coefficient (Wildman–Crippen LogP) is 4.71. The maximum atomic E-state index is 3.78. The molecule has 0 radical (unpaired) electrons. The van der Waals surface area contributed by atoms with Crippen LogP contribution in [0.3, 0.4) is 0 Å². The van der Waals surface area contributed by atoms with Crippen molar-refractivity contribution in [2.75, 3.05) is 13.2 Å². The fourth-order valence-electron chi connectivity index (χ4n) is 2.37. The summed E-state index contributed by atoms with van der Waals surface area (Å²) in [5, 5.41) is 0. The lowest BCUT2D eigenvalue weighted by molar-refractivity contribution is 0.307. The highest BCUT2D eigenvalue weighted by atomic mass is 15.3. The zero-order chi connectivity index (χ0) is 13.1. The second-order valence-electron chi connectivity index (χ2n) is 5.28. The first-order chi connectivity index (χ1) is 8.86. The van der Waals surface area contributed by atoms with Crippen molar-refractivity contribution in [2.45, 2.75) is 64.7 Å². The van der Waals surface area contributed by atoms with Gasteiger partial charge in [-0.2, -0.15) is 0 Å². The van der Waals surface area contributed by atoms with Gasteiger partial charge in [-0.3, -0.25) is 0 Å². The molecule has 0 bridgehead atoms. The third kappa shape index (κ3) is 6.73. The normalized spacial score (nSPS) is 14.5. The summed E-state index contributed by atoms with van der Waals surface area (Å²) in [6.45, 7) is 8.23. The molecule has 0 N–H and O–H groups in total. The van der Waals surface area contributed by atoms with Crippen molar-refractivity contribution >= 4 is 0 Å². The summed E-state index contributed by atoms with van der Waals surface area (Å²) in [6.07, 6.45) is 18.8. The molecule has 104 valence electrons. The van der Waals surface area contributed by atoms with Crippen LogP contribution < -0.4 is 0 Å². The van der Waals surface area contributed by atoms with E-state index >= 15 is 0 Å². The van der Waals surface area contributed by atoms with Gasteiger partial charge in [0.05, 0.1) is 6.67 Å². The molecule has 0 fully saturated rings. The number of rotatable bonds is 11. The first kappa shape index (κ1) is 15.1. The van der Waals surface area contributed by atoms with E-state index < -0.39 is 0 Å². The molecule has 0 amide bonds. The Morgan fingerprint density at radius 1 is 0.944 bits per heavy atom. The monoisotopic (exact) mass is 250 g/mol. The van der Waals surface area contributed by atoms with E-state index in [-0.39, 0.29) is 0 Å². The van der Waals surface area contributed by atoms with Crippen LogP contribution in [0, 0.1) is 0 Å². The van der Waals surface area contributed by atoms with Crippen molar-refractivity contribution < 1.29 is 0 Å². The first-order valence-electron chi connectivity index (χ1n) is 7.67. The summed E-state index contributed by atoms with van der Waals surface area (Å²) in [4.78, 5) is 4.48. The van der Waals surface area contributed by atoms with Crippen LogP contribution in [0.4, 0.5) is 0 Å². The Balaban J connectivity index is 1.82. The van der Waals surface area contributed by atoms with Crippen LogP contribution in [0.1, 0.15) is 64.7 Å². The largest absolute Gasteiger partial charge is 0.358 e. The van der Waals surface area contributed by atoms with Crippen LogP contribution >= 0.6 is 0 Å². The van der Waals surface area contributed by atoms with E-state index in [1.54, 1.807) is 0 Å². The Morgan fingerprint density at radius 3 is 2.11 bits per heavy atom. The molecule has 0 aromatic rings.